The van der Waals surface area contributed by atoms with E-state index in [1.165, 1.54) is 0 Å². The van der Waals surface area contributed by atoms with Crippen molar-refractivity contribution >= 4 is 21.6 Å². The van der Waals surface area contributed by atoms with Crippen LogP contribution in [0.15, 0.2) is 0 Å². The second kappa shape index (κ2) is 3.27. The quantitative estimate of drug-likeness (QED) is 0.576. The van der Waals surface area contributed by atoms with E-state index in [9.17, 15) is 8.42 Å². The number of hydrogen-bond donors (Lipinski definition) is 1. The summed E-state index contributed by atoms with van der Waals surface area (Å²) in [6, 6.07) is 0. The van der Waals surface area contributed by atoms with Gasteiger partial charge in [-0.1, -0.05) is 0 Å². The summed E-state index contributed by atoms with van der Waals surface area (Å²) in [6.07, 6.45) is 1.10. The van der Waals surface area contributed by atoms with Gasteiger partial charge in [0, 0.05) is 12.4 Å². The Morgan fingerprint density at radius 2 is 2.12 bits per heavy atom. The molecule has 0 bridgehead atoms. The molecule has 0 spiro atoms. The van der Waals surface area contributed by atoms with Crippen LogP contribution in [-0.4, -0.2) is 27.1 Å². The van der Waals surface area contributed by atoms with E-state index in [4.69, 9.17) is 11.6 Å². The Hall–Kier alpha value is 0.200. The minimum atomic E-state index is -3.02. The molecule has 0 aromatic heterocycles. The summed E-state index contributed by atoms with van der Waals surface area (Å²) in [4.78, 5) is 0. The number of halogens is 1. The van der Waals surface area contributed by atoms with E-state index >= 15 is 0 Å². The van der Waals surface area contributed by atoms with Crippen LogP contribution in [0.1, 0.15) is 0 Å². The van der Waals surface area contributed by atoms with Crippen molar-refractivity contribution in [1.29, 1.82) is 0 Å². The Balaban J connectivity index is 3.42. The van der Waals surface area contributed by atoms with Gasteiger partial charge in [0.2, 0.25) is 10.0 Å². The van der Waals surface area contributed by atoms with Crippen LogP contribution in [0.3, 0.4) is 0 Å². The Morgan fingerprint density at radius 3 is 2.25 bits per heavy atom. The molecule has 0 saturated heterocycles. The van der Waals surface area contributed by atoms with Gasteiger partial charge in [0.25, 0.3) is 0 Å². The molecule has 5 heteroatoms. The Morgan fingerprint density at radius 1 is 1.62 bits per heavy atom. The van der Waals surface area contributed by atoms with Gasteiger partial charge < -0.3 is 0 Å². The summed E-state index contributed by atoms with van der Waals surface area (Å²) < 4.78 is 22.7. The molecule has 0 heterocycles. The number of hydrogen-bond acceptors (Lipinski definition) is 2. The number of rotatable bonds is 3. The Bertz CT molecular complexity index is 141. The first-order chi connectivity index (χ1) is 3.56. The van der Waals surface area contributed by atoms with Crippen molar-refractivity contribution in [3.8, 4) is 0 Å². The van der Waals surface area contributed by atoms with E-state index in [0.29, 0.717) is 12.4 Å². The maximum atomic E-state index is 10.2. The van der Waals surface area contributed by atoms with Gasteiger partial charge in [-0.05, 0) is 0 Å². The molecule has 0 aromatic carbocycles. The fourth-order valence-corrected chi connectivity index (χ4v) is 0.903. The second-order valence-corrected chi connectivity index (χ2v) is 3.57. The van der Waals surface area contributed by atoms with E-state index in [1.54, 1.807) is 0 Å². The number of nitrogens with one attached hydrogen (secondary N) is 1. The third kappa shape index (κ3) is 6.20. The molecule has 0 amide bonds. The lowest BCUT2D eigenvalue weighted by molar-refractivity contribution is 0.590. The first kappa shape index (κ1) is 8.20. The molecule has 0 aliphatic heterocycles. The molecule has 0 radical (unpaired) electrons. The van der Waals surface area contributed by atoms with Crippen LogP contribution < -0.4 is 4.72 Å². The van der Waals surface area contributed by atoms with E-state index in [0.717, 1.165) is 6.26 Å². The van der Waals surface area contributed by atoms with Gasteiger partial charge >= 0.3 is 0 Å². The van der Waals surface area contributed by atoms with Crippen LogP contribution in [0.5, 0.6) is 0 Å². The average molecular weight is 158 g/mol. The summed E-state index contributed by atoms with van der Waals surface area (Å²) >= 11 is 5.18. The molecule has 0 aliphatic rings. The van der Waals surface area contributed by atoms with Crippen molar-refractivity contribution in [3.05, 3.63) is 0 Å². The van der Waals surface area contributed by atoms with Crippen LogP contribution in [-0.2, 0) is 10.0 Å². The zero-order valence-corrected chi connectivity index (χ0v) is 6.09. The lowest BCUT2D eigenvalue weighted by Gasteiger charge is -1.94. The van der Waals surface area contributed by atoms with Gasteiger partial charge in [-0.3, -0.25) is 0 Å². The summed E-state index contributed by atoms with van der Waals surface area (Å²) in [5.41, 5.74) is 0. The molecule has 8 heavy (non-hydrogen) atoms. The predicted octanol–water partition coefficient (Wildman–Crippen LogP) is -0.226. The Labute approximate surface area is 54.1 Å². The van der Waals surface area contributed by atoms with Crippen molar-refractivity contribution < 1.29 is 8.42 Å². The highest BCUT2D eigenvalue weighted by Crippen LogP contribution is 1.74. The SMILES string of the molecule is CS(=O)(=O)NCCCl. The van der Waals surface area contributed by atoms with E-state index < -0.39 is 10.0 Å². The van der Waals surface area contributed by atoms with Crippen LogP contribution >= 0.6 is 11.6 Å². The van der Waals surface area contributed by atoms with Crippen molar-refractivity contribution in [1.82, 2.24) is 4.72 Å². The molecule has 50 valence electrons. The third-order valence-electron chi connectivity index (χ3n) is 0.459. The van der Waals surface area contributed by atoms with E-state index in [2.05, 4.69) is 4.72 Å². The molecule has 0 unspecified atom stereocenters. The summed E-state index contributed by atoms with van der Waals surface area (Å²) in [7, 11) is -3.02. The van der Waals surface area contributed by atoms with Crippen LogP contribution in [0.25, 0.3) is 0 Å². The normalized spacial score (nSPS) is 11.8. The van der Waals surface area contributed by atoms with Crippen LogP contribution in [0.2, 0.25) is 0 Å². The van der Waals surface area contributed by atoms with Crippen molar-refractivity contribution in [2.75, 3.05) is 18.7 Å². The second-order valence-electron chi connectivity index (χ2n) is 1.36. The first-order valence-corrected chi connectivity index (χ1v) is 4.49. The molecule has 0 fully saturated rings. The molecule has 0 aliphatic carbocycles. The van der Waals surface area contributed by atoms with Gasteiger partial charge in [0.1, 0.15) is 0 Å². The molecule has 0 atom stereocenters. The smallest absolute Gasteiger partial charge is 0.208 e. The highest BCUT2D eigenvalue weighted by atomic mass is 35.5. The van der Waals surface area contributed by atoms with Gasteiger partial charge in [0.15, 0.2) is 0 Å². The van der Waals surface area contributed by atoms with Gasteiger partial charge in [0.05, 0.1) is 6.26 Å². The van der Waals surface area contributed by atoms with E-state index in [1.807, 2.05) is 0 Å². The third-order valence-corrected chi connectivity index (χ3v) is 1.38. The average Bonchev–Trinajstić information content (AvgIpc) is 1.59. The molecular weight excluding hydrogens is 150 g/mol. The van der Waals surface area contributed by atoms with Crippen molar-refractivity contribution in [3.63, 3.8) is 0 Å². The molecule has 0 aromatic rings. The lowest BCUT2D eigenvalue weighted by atomic mass is 10.8. The minimum absolute atomic E-state index is 0.306. The maximum Gasteiger partial charge on any atom is 0.208 e. The van der Waals surface area contributed by atoms with Crippen LogP contribution in [0.4, 0.5) is 0 Å². The standard InChI is InChI=1S/C3H8ClNO2S/c1-8(6,7)5-3-2-4/h5H,2-3H2,1H3. The largest absolute Gasteiger partial charge is 0.214 e. The number of alkyl halides is 1. The first-order valence-electron chi connectivity index (χ1n) is 2.07. The van der Waals surface area contributed by atoms with E-state index in [-0.39, 0.29) is 0 Å². The van der Waals surface area contributed by atoms with Gasteiger partial charge in [-0.15, -0.1) is 11.6 Å². The summed E-state index contributed by atoms with van der Waals surface area (Å²) in [6.45, 7) is 0.306. The maximum absolute atomic E-state index is 10.2. The Kier molecular flexibility index (Phi) is 3.35. The molecular formula is C3H8ClNO2S. The fraction of sp³-hybridized carbons (Fsp3) is 1.00. The van der Waals surface area contributed by atoms with Gasteiger partial charge in [-0.25, -0.2) is 13.1 Å². The molecule has 3 nitrogen and oxygen atoms in total. The van der Waals surface area contributed by atoms with Crippen LogP contribution in [0, 0.1) is 0 Å². The zero-order valence-electron chi connectivity index (χ0n) is 4.52. The molecule has 0 saturated carbocycles. The van der Waals surface area contributed by atoms with Crippen molar-refractivity contribution in [2.24, 2.45) is 0 Å². The zero-order chi connectivity index (χ0) is 6.62. The summed E-state index contributed by atoms with van der Waals surface area (Å²) in [5, 5.41) is 0. The minimum Gasteiger partial charge on any atom is -0.214 e. The lowest BCUT2D eigenvalue weighted by Crippen LogP contribution is -2.23. The number of sulfonamides is 1. The fourth-order valence-electron chi connectivity index (χ4n) is 0.224. The summed E-state index contributed by atoms with van der Waals surface area (Å²) in [5.74, 6) is 0.313. The van der Waals surface area contributed by atoms with Crippen molar-refractivity contribution in [2.45, 2.75) is 0 Å². The topological polar surface area (TPSA) is 46.2 Å². The highest BCUT2D eigenvalue weighted by molar-refractivity contribution is 7.88. The predicted molar refractivity (Wildman–Crippen MR) is 33.6 cm³/mol. The monoisotopic (exact) mass is 157 g/mol. The highest BCUT2D eigenvalue weighted by Gasteiger charge is 1.95. The van der Waals surface area contributed by atoms with Gasteiger partial charge in [-0.2, -0.15) is 0 Å². The molecule has 1 N–H and O–H groups in total. The molecule has 0 rings (SSSR count).